The van der Waals surface area contributed by atoms with Crippen LogP contribution in [0.4, 0.5) is 0 Å². The third kappa shape index (κ3) is 2.96. The van der Waals surface area contributed by atoms with Crippen molar-refractivity contribution in [3.63, 3.8) is 0 Å². The highest BCUT2D eigenvalue weighted by Gasteiger charge is 2.42. The summed E-state index contributed by atoms with van der Waals surface area (Å²) in [4.78, 5) is 0. The highest BCUT2D eigenvalue weighted by atomic mass is 79.9. The lowest BCUT2D eigenvalue weighted by Gasteiger charge is -2.38. The van der Waals surface area contributed by atoms with E-state index in [2.05, 4.69) is 51.8 Å². The summed E-state index contributed by atoms with van der Waals surface area (Å²) in [5.41, 5.74) is 1.77. The van der Waals surface area contributed by atoms with Gasteiger partial charge in [-0.15, -0.1) is 0 Å². The Morgan fingerprint density at radius 2 is 2.05 bits per heavy atom. The highest BCUT2D eigenvalue weighted by molar-refractivity contribution is 9.10. The van der Waals surface area contributed by atoms with Crippen molar-refractivity contribution in [2.24, 2.45) is 5.41 Å². The van der Waals surface area contributed by atoms with Crippen LogP contribution in [0.3, 0.4) is 0 Å². The molecule has 0 aliphatic heterocycles. The maximum absolute atomic E-state index is 4.58. The van der Waals surface area contributed by atoms with Crippen LogP contribution >= 0.6 is 15.9 Å². The first-order chi connectivity index (χ1) is 9.68. The molecule has 0 radical (unpaired) electrons. The number of aryl methyl sites for hydroxylation is 1. The molecule has 1 fully saturated rings. The van der Waals surface area contributed by atoms with Crippen LogP contribution in [0.15, 0.2) is 10.7 Å². The Bertz CT molecular complexity index is 421. The van der Waals surface area contributed by atoms with Gasteiger partial charge in [-0.25, -0.2) is 0 Å². The molecular formula is C16H28BrN3. The van der Waals surface area contributed by atoms with E-state index in [1.54, 1.807) is 0 Å². The quantitative estimate of drug-likeness (QED) is 0.780. The minimum Gasteiger partial charge on any atom is -0.308 e. The standard InChI is InChI=1S/C16H28BrN3/c1-4-11-20-14(13(17)12-19-20)15(18-6-3)16(5-2)9-7-8-10-16/h12,15,18H,4-11H2,1-3H3. The molecule has 0 bridgehead atoms. The highest BCUT2D eigenvalue weighted by Crippen LogP contribution is 2.51. The molecule has 1 aliphatic carbocycles. The van der Waals surface area contributed by atoms with Gasteiger partial charge in [0, 0.05) is 6.54 Å². The molecule has 1 aromatic rings. The summed E-state index contributed by atoms with van der Waals surface area (Å²) >= 11 is 3.73. The van der Waals surface area contributed by atoms with Gasteiger partial charge in [-0.3, -0.25) is 4.68 Å². The Hall–Kier alpha value is -0.350. The molecule has 1 aromatic heterocycles. The van der Waals surface area contributed by atoms with E-state index in [4.69, 9.17) is 0 Å². The Kier molecular flexibility index (Phi) is 5.67. The summed E-state index contributed by atoms with van der Waals surface area (Å²) < 4.78 is 3.37. The van der Waals surface area contributed by atoms with Crippen LogP contribution < -0.4 is 5.32 Å². The van der Waals surface area contributed by atoms with Gasteiger partial charge in [-0.1, -0.05) is 33.6 Å². The van der Waals surface area contributed by atoms with Crippen molar-refractivity contribution in [1.82, 2.24) is 15.1 Å². The van der Waals surface area contributed by atoms with E-state index in [0.717, 1.165) is 24.0 Å². The minimum atomic E-state index is 0.407. The maximum atomic E-state index is 4.58. The van der Waals surface area contributed by atoms with Crippen LogP contribution in [-0.2, 0) is 6.54 Å². The van der Waals surface area contributed by atoms with Crippen molar-refractivity contribution in [3.05, 3.63) is 16.4 Å². The first kappa shape index (κ1) is 16.0. The Morgan fingerprint density at radius 1 is 1.35 bits per heavy atom. The summed E-state index contributed by atoms with van der Waals surface area (Å²) in [5.74, 6) is 0. The largest absolute Gasteiger partial charge is 0.308 e. The van der Waals surface area contributed by atoms with E-state index < -0.39 is 0 Å². The molecule has 3 nitrogen and oxygen atoms in total. The molecule has 0 spiro atoms. The van der Waals surface area contributed by atoms with Crippen LogP contribution in [0.25, 0.3) is 0 Å². The fourth-order valence-corrected chi connectivity index (χ4v) is 4.31. The van der Waals surface area contributed by atoms with Crippen molar-refractivity contribution in [2.75, 3.05) is 6.54 Å². The van der Waals surface area contributed by atoms with E-state index in [0.29, 0.717) is 11.5 Å². The van der Waals surface area contributed by atoms with Gasteiger partial charge >= 0.3 is 0 Å². The van der Waals surface area contributed by atoms with Crippen LogP contribution in [-0.4, -0.2) is 16.3 Å². The van der Waals surface area contributed by atoms with Crippen molar-refractivity contribution >= 4 is 15.9 Å². The topological polar surface area (TPSA) is 29.9 Å². The van der Waals surface area contributed by atoms with Gasteiger partial charge in [-0.2, -0.15) is 5.10 Å². The molecule has 114 valence electrons. The van der Waals surface area contributed by atoms with Gasteiger partial charge in [0.25, 0.3) is 0 Å². The zero-order valence-corrected chi connectivity index (χ0v) is 14.7. The van der Waals surface area contributed by atoms with Crippen LogP contribution in [0, 0.1) is 5.41 Å². The molecular weight excluding hydrogens is 314 g/mol. The number of hydrogen-bond donors (Lipinski definition) is 1. The zero-order valence-electron chi connectivity index (χ0n) is 13.1. The third-order valence-electron chi connectivity index (χ3n) is 4.87. The van der Waals surface area contributed by atoms with Crippen LogP contribution in [0.2, 0.25) is 0 Å². The molecule has 20 heavy (non-hydrogen) atoms. The second kappa shape index (κ2) is 7.08. The molecule has 1 aliphatic rings. The van der Waals surface area contributed by atoms with E-state index >= 15 is 0 Å². The number of rotatable bonds is 7. The molecule has 1 N–H and O–H groups in total. The summed E-state index contributed by atoms with van der Waals surface area (Å²) in [5, 5.41) is 8.34. The lowest BCUT2D eigenvalue weighted by atomic mass is 9.74. The number of nitrogens with one attached hydrogen (secondary N) is 1. The summed E-state index contributed by atoms with van der Waals surface area (Å²) in [6, 6.07) is 0.420. The van der Waals surface area contributed by atoms with Crippen molar-refractivity contribution in [2.45, 2.75) is 71.9 Å². The monoisotopic (exact) mass is 341 g/mol. The third-order valence-corrected chi connectivity index (χ3v) is 5.48. The summed E-state index contributed by atoms with van der Waals surface area (Å²) in [7, 11) is 0. The van der Waals surface area contributed by atoms with Crippen molar-refractivity contribution < 1.29 is 0 Å². The molecule has 0 saturated heterocycles. The molecule has 4 heteroatoms. The number of hydrogen-bond acceptors (Lipinski definition) is 2. The first-order valence-electron chi connectivity index (χ1n) is 8.13. The van der Waals surface area contributed by atoms with E-state index in [-0.39, 0.29) is 0 Å². The molecule has 0 aromatic carbocycles. The molecule has 1 saturated carbocycles. The second-order valence-electron chi connectivity index (χ2n) is 6.01. The smallest absolute Gasteiger partial charge is 0.0701 e. The Balaban J connectivity index is 2.39. The molecule has 1 atom stereocenters. The van der Waals surface area contributed by atoms with Gasteiger partial charge in [-0.05, 0) is 53.6 Å². The zero-order chi connectivity index (χ0) is 14.6. The van der Waals surface area contributed by atoms with E-state index in [1.165, 1.54) is 37.8 Å². The van der Waals surface area contributed by atoms with Gasteiger partial charge in [0.1, 0.15) is 0 Å². The van der Waals surface area contributed by atoms with E-state index in [1.807, 2.05) is 6.20 Å². The number of nitrogens with zero attached hydrogens (tertiary/aromatic N) is 2. The fourth-order valence-electron chi connectivity index (χ4n) is 3.78. The normalized spacial score (nSPS) is 19.4. The fraction of sp³-hybridized carbons (Fsp3) is 0.812. The van der Waals surface area contributed by atoms with Crippen molar-refractivity contribution in [3.8, 4) is 0 Å². The SMILES string of the molecule is CCCn1ncc(Br)c1C(NCC)C1(CC)CCCC1. The average molecular weight is 342 g/mol. The lowest BCUT2D eigenvalue weighted by Crippen LogP contribution is -2.38. The van der Waals surface area contributed by atoms with Crippen LogP contribution in [0.5, 0.6) is 0 Å². The van der Waals surface area contributed by atoms with E-state index in [9.17, 15) is 0 Å². The molecule has 2 rings (SSSR count). The predicted molar refractivity (Wildman–Crippen MR) is 87.8 cm³/mol. The second-order valence-corrected chi connectivity index (χ2v) is 6.87. The first-order valence-corrected chi connectivity index (χ1v) is 8.92. The Morgan fingerprint density at radius 3 is 2.60 bits per heavy atom. The average Bonchev–Trinajstić information content (AvgIpc) is 3.06. The summed E-state index contributed by atoms with van der Waals surface area (Å²) in [6.07, 6.45) is 9.75. The maximum Gasteiger partial charge on any atom is 0.0701 e. The molecule has 1 unspecified atom stereocenters. The molecule has 0 amide bonds. The van der Waals surface area contributed by atoms with Gasteiger partial charge < -0.3 is 5.32 Å². The molecule has 1 heterocycles. The Labute approximate surface area is 131 Å². The number of aromatic nitrogens is 2. The van der Waals surface area contributed by atoms with Gasteiger partial charge in [0.15, 0.2) is 0 Å². The summed E-state index contributed by atoms with van der Waals surface area (Å²) in [6.45, 7) is 8.79. The van der Waals surface area contributed by atoms with Gasteiger partial charge in [0.05, 0.1) is 22.4 Å². The van der Waals surface area contributed by atoms with Crippen LogP contribution in [0.1, 0.15) is 71.0 Å². The number of halogens is 1. The van der Waals surface area contributed by atoms with Crippen molar-refractivity contribution in [1.29, 1.82) is 0 Å². The minimum absolute atomic E-state index is 0.407. The van der Waals surface area contributed by atoms with Gasteiger partial charge in [0.2, 0.25) is 0 Å². The predicted octanol–water partition coefficient (Wildman–Crippen LogP) is 4.68. The lowest BCUT2D eigenvalue weighted by molar-refractivity contribution is 0.179.